The van der Waals surface area contributed by atoms with Crippen LogP contribution in [0.15, 0.2) is 79.3 Å². The number of Topliss-reactive ketones (excluding diaryl/α,β-unsaturated/α-hetero) is 2. The average molecular weight is 516 g/mol. The summed E-state index contributed by atoms with van der Waals surface area (Å²) in [7, 11) is 0. The fourth-order valence-corrected chi connectivity index (χ4v) is 6.93. The van der Waals surface area contributed by atoms with E-state index in [1.54, 1.807) is 57.2 Å². The van der Waals surface area contributed by atoms with Gasteiger partial charge < -0.3 is 9.52 Å². The molecule has 196 valence electrons. The number of benzene rings is 1. The summed E-state index contributed by atoms with van der Waals surface area (Å²) < 4.78 is 9.99. The Hall–Kier alpha value is -3.98. The van der Waals surface area contributed by atoms with Gasteiger partial charge in [-0.05, 0) is 61.3 Å². The number of hydrogen-bond acceptors (Lipinski definition) is 6. The minimum atomic E-state index is -1.20. The van der Waals surface area contributed by atoms with Gasteiger partial charge in [-0.1, -0.05) is 38.1 Å². The molecule has 1 saturated carbocycles. The van der Waals surface area contributed by atoms with E-state index in [9.17, 15) is 24.3 Å². The van der Waals surface area contributed by atoms with E-state index >= 15 is 0 Å². The summed E-state index contributed by atoms with van der Waals surface area (Å²) in [4.78, 5) is 55.4. The van der Waals surface area contributed by atoms with E-state index in [0.29, 0.717) is 28.4 Å². The third kappa shape index (κ3) is 2.85. The molecule has 2 aliphatic carbocycles. The molecular formula is C29H29N3O6. The first-order valence-corrected chi connectivity index (χ1v) is 12.7. The standard InChI is InChI=1S/C29H29N3O6/c1-16-17(2)25(35)29(4)23(22-11-10-19(15-33)38-22)20-12-13-30-26(36)31(18-8-6-5-7-9-18)27(37)32(30)21(20)14-28(29,3)24(16)34/h5-12,21,23,33H,13-15H2,1-4H3. The number of carbonyl (C=O) groups excluding carboxylic acids is 2. The van der Waals surface area contributed by atoms with Crippen LogP contribution in [0.1, 0.15) is 57.6 Å². The number of allylic oxidation sites excluding steroid dienone is 4. The molecule has 4 atom stereocenters. The number of fused-ring (bicyclic) bond motifs is 4. The number of aliphatic hydroxyl groups excluding tert-OH is 1. The number of furan rings is 1. The molecule has 1 N–H and O–H groups in total. The molecule has 0 spiro atoms. The Morgan fingerprint density at radius 2 is 1.63 bits per heavy atom. The van der Waals surface area contributed by atoms with Crippen LogP contribution < -0.4 is 11.4 Å². The molecule has 1 aliphatic heterocycles. The summed E-state index contributed by atoms with van der Waals surface area (Å²) in [5.41, 5.74) is -1.30. The molecule has 3 heterocycles. The van der Waals surface area contributed by atoms with Crippen LogP contribution in [0.5, 0.6) is 0 Å². The summed E-state index contributed by atoms with van der Waals surface area (Å²) in [6, 6.07) is 11.5. The second-order valence-corrected chi connectivity index (χ2v) is 10.9. The van der Waals surface area contributed by atoms with Gasteiger partial charge >= 0.3 is 11.4 Å². The molecule has 38 heavy (non-hydrogen) atoms. The van der Waals surface area contributed by atoms with E-state index in [1.807, 2.05) is 19.1 Å². The van der Waals surface area contributed by atoms with Gasteiger partial charge in [-0.25, -0.2) is 23.5 Å². The highest BCUT2D eigenvalue weighted by Crippen LogP contribution is 2.66. The average Bonchev–Trinajstić information content (AvgIpc) is 3.49. The number of ketones is 2. The minimum Gasteiger partial charge on any atom is -0.463 e. The van der Waals surface area contributed by atoms with Gasteiger partial charge in [-0.3, -0.25) is 9.59 Å². The Bertz CT molecular complexity index is 1700. The second-order valence-electron chi connectivity index (χ2n) is 10.9. The maximum absolute atomic E-state index is 14.1. The Morgan fingerprint density at radius 1 is 0.947 bits per heavy atom. The van der Waals surface area contributed by atoms with Crippen molar-refractivity contribution in [3.05, 3.63) is 97.7 Å². The molecule has 2 aromatic heterocycles. The highest BCUT2D eigenvalue weighted by atomic mass is 16.4. The zero-order valence-corrected chi connectivity index (χ0v) is 21.7. The summed E-state index contributed by atoms with van der Waals surface area (Å²) in [5, 5.41) is 9.68. The van der Waals surface area contributed by atoms with Crippen molar-refractivity contribution in [2.75, 3.05) is 0 Å². The molecule has 3 aromatic rings. The normalized spacial score (nSPS) is 28.6. The lowest BCUT2D eigenvalue weighted by molar-refractivity contribution is -0.151. The molecule has 0 radical (unpaired) electrons. The van der Waals surface area contributed by atoms with Crippen LogP contribution in [0.25, 0.3) is 5.69 Å². The van der Waals surface area contributed by atoms with Crippen molar-refractivity contribution in [3.8, 4) is 5.69 Å². The van der Waals surface area contributed by atoms with E-state index < -0.39 is 34.2 Å². The zero-order valence-electron chi connectivity index (χ0n) is 21.7. The smallest absolute Gasteiger partial charge is 0.352 e. The van der Waals surface area contributed by atoms with Gasteiger partial charge in [0.15, 0.2) is 11.6 Å². The van der Waals surface area contributed by atoms with Crippen molar-refractivity contribution in [1.29, 1.82) is 0 Å². The highest BCUT2D eigenvalue weighted by molar-refractivity contribution is 6.17. The number of hydrogen-bond donors (Lipinski definition) is 1. The van der Waals surface area contributed by atoms with E-state index in [1.165, 1.54) is 9.36 Å². The number of aliphatic hydroxyl groups is 1. The van der Waals surface area contributed by atoms with Crippen LogP contribution in [0.3, 0.4) is 0 Å². The molecule has 1 aromatic carbocycles. The van der Waals surface area contributed by atoms with E-state index in [2.05, 4.69) is 0 Å². The summed E-state index contributed by atoms with van der Waals surface area (Å²) >= 11 is 0. The summed E-state index contributed by atoms with van der Waals surface area (Å²) in [6.07, 6.45) is 2.06. The van der Waals surface area contributed by atoms with Crippen LogP contribution >= 0.6 is 0 Å². The molecule has 0 saturated heterocycles. The lowest BCUT2D eigenvalue weighted by Gasteiger charge is -2.57. The molecule has 9 nitrogen and oxygen atoms in total. The molecule has 9 heteroatoms. The fourth-order valence-electron chi connectivity index (χ4n) is 6.93. The number of carbonyl (C=O) groups is 2. The van der Waals surface area contributed by atoms with Gasteiger partial charge in [0, 0.05) is 5.41 Å². The first-order valence-electron chi connectivity index (χ1n) is 12.7. The summed E-state index contributed by atoms with van der Waals surface area (Å²) in [6.45, 7) is 6.78. The lowest BCUT2D eigenvalue weighted by Crippen LogP contribution is -2.61. The third-order valence-electron chi connectivity index (χ3n) is 9.25. The molecule has 3 aliphatic rings. The Balaban J connectivity index is 1.63. The largest absolute Gasteiger partial charge is 0.463 e. The zero-order chi connectivity index (χ0) is 27.1. The number of rotatable bonds is 3. The van der Waals surface area contributed by atoms with Crippen molar-refractivity contribution in [2.24, 2.45) is 10.8 Å². The van der Waals surface area contributed by atoms with Crippen LogP contribution in [0.2, 0.25) is 0 Å². The van der Waals surface area contributed by atoms with Crippen molar-refractivity contribution in [3.63, 3.8) is 0 Å². The molecule has 6 rings (SSSR count). The van der Waals surface area contributed by atoms with Gasteiger partial charge in [-0.2, -0.15) is 0 Å². The number of nitrogens with zero attached hydrogens (tertiary/aromatic N) is 3. The first-order chi connectivity index (χ1) is 18.1. The quantitative estimate of drug-likeness (QED) is 0.536. The molecule has 1 fully saturated rings. The summed E-state index contributed by atoms with van der Waals surface area (Å²) in [5.74, 6) is -0.183. The van der Waals surface area contributed by atoms with Crippen LogP contribution in [0.4, 0.5) is 0 Å². The van der Waals surface area contributed by atoms with Gasteiger partial charge in [0.25, 0.3) is 0 Å². The predicted octanol–water partition coefficient (Wildman–Crippen LogP) is 3.06. The maximum Gasteiger partial charge on any atom is 0.352 e. The van der Waals surface area contributed by atoms with Gasteiger partial charge in [-0.15, -0.1) is 0 Å². The van der Waals surface area contributed by atoms with E-state index in [4.69, 9.17) is 4.42 Å². The second kappa shape index (κ2) is 8.01. The SMILES string of the molecule is CC1=C(C)C(=O)C2(C)C(c3ccc(CO)o3)C3=CCn4c(=O)n(-c5ccccc5)c(=O)n4C3CC2(C)C1=O. The predicted molar refractivity (Wildman–Crippen MR) is 138 cm³/mol. The van der Waals surface area contributed by atoms with Crippen molar-refractivity contribution in [1.82, 2.24) is 13.9 Å². The van der Waals surface area contributed by atoms with Crippen LogP contribution in [-0.2, 0) is 22.7 Å². The monoisotopic (exact) mass is 515 g/mol. The fraction of sp³-hybridized carbons (Fsp3) is 0.379. The Kier molecular flexibility index (Phi) is 5.13. The van der Waals surface area contributed by atoms with Crippen molar-refractivity contribution < 1.29 is 19.1 Å². The topological polar surface area (TPSA) is 116 Å². The third-order valence-corrected chi connectivity index (χ3v) is 9.25. The first kappa shape index (κ1) is 24.4. The Labute approximate surface area is 218 Å². The number of para-hydroxylation sites is 1. The lowest BCUT2D eigenvalue weighted by atomic mass is 9.44. The van der Waals surface area contributed by atoms with Crippen molar-refractivity contribution in [2.45, 2.75) is 59.2 Å². The van der Waals surface area contributed by atoms with E-state index in [-0.39, 0.29) is 31.1 Å². The minimum absolute atomic E-state index is 0.132. The van der Waals surface area contributed by atoms with Crippen molar-refractivity contribution >= 4 is 11.6 Å². The number of aromatic nitrogens is 3. The van der Waals surface area contributed by atoms with Gasteiger partial charge in [0.05, 0.1) is 29.6 Å². The van der Waals surface area contributed by atoms with E-state index in [0.717, 1.165) is 10.1 Å². The Morgan fingerprint density at radius 3 is 2.29 bits per heavy atom. The van der Waals surface area contributed by atoms with Crippen LogP contribution in [-0.4, -0.2) is 30.6 Å². The molecule has 0 amide bonds. The maximum atomic E-state index is 14.1. The highest BCUT2D eigenvalue weighted by Gasteiger charge is 2.67. The molecule has 4 unspecified atom stereocenters. The molecule has 0 bridgehead atoms. The molecular weight excluding hydrogens is 486 g/mol. The van der Waals surface area contributed by atoms with Crippen LogP contribution in [0, 0.1) is 10.8 Å². The van der Waals surface area contributed by atoms with Gasteiger partial charge in [0.2, 0.25) is 0 Å². The van der Waals surface area contributed by atoms with Gasteiger partial charge in [0.1, 0.15) is 18.1 Å².